The van der Waals surface area contributed by atoms with Gasteiger partial charge in [0.15, 0.2) is 23.0 Å². The second-order valence-corrected chi connectivity index (χ2v) is 13.5. The molecule has 0 aliphatic carbocycles. The number of benzene rings is 3. The number of nitrogens with zero attached hydrogens (tertiary/aromatic N) is 3. The van der Waals surface area contributed by atoms with Crippen LogP contribution >= 0.6 is 11.3 Å². The Morgan fingerprint density at radius 2 is 1.24 bits per heavy atom. The highest BCUT2D eigenvalue weighted by Crippen LogP contribution is 2.42. The zero-order chi connectivity index (χ0) is 35.9. The molecule has 3 heterocycles. The lowest BCUT2D eigenvalue weighted by Gasteiger charge is -2.39. The Morgan fingerprint density at radius 1 is 0.667 bits per heavy atom. The van der Waals surface area contributed by atoms with Crippen LogP contribution in [-0.4, -0.2) is 71.7 Å². The fourth-order valence-electron chi connectivity index (χ4n) is 6.88. The monoisotopic (exact) mass is 709 g/mol. The molecule has 0 radical (unpaired) electrons. The van der Waals surface area contributed by atoms with Crippen LogP contribution in [0.15, 0.2) is 78.3 Å². The van der Waals surface area contributed by atoms with Gasteiger partial charge in [0.2, 0.25) is 11.5 Å². The van der Waals surface area contributed by atoms with Crippen LogP contribution in [0.2, 0.25) is 0 Å². The summed E-state index contributed by atoms with van der Waals surface area (Å²) in [7, 11) is 9.78. The zero-order valence-corrected chi connectivity index (χ0v) is 31.3. The number of pyridine rings is 1. The van der Waals surface area contributed by atoms with Gasteiger partial charge < -0.3 is 33.3 Å². The number of anilines is 1. The molecule has 2 aromatic heterocycles. The molecule has 0 unspecified atom stereocenters. The molecule has 1 aliphatic heterocycles. The number of likely N-dealkylation sites (tertiary alicyclic amines) is 1. The summed E-state index contributed by atoms with van der Waals surface area (Å²) in [5.74, 6) is 3.67. The first-order valence-corrected chi connectivity index (χ1v) is 17.9. The number of ether oxygens (including phenoxy) is 6. The predicted molar refractivity (Wildman–Crippen MR) is 204 cm³/mol. The first-order chi connectivity index (χ1) is 24.9. The fraction of sp³-hybridized carbons (Fsp3) is 0.341. The van der Waals surface area contributed by atoms with Crippen molar-refractivity contribution < 1.29 is 28.4 Å². The SMILES string of the molecule is COc1cc(-c2ccc(CN(c3sccc3C)C3CCN(Cc4ccnc(-c5cc(OC)c(OC)c(OC)c5)c4)CC3)cc2)cc(OC)c1OC. The van der Waals surface area contributed by atoms with E-state index < -0.39 is 0 Å². The number of aryl methyl sites for hydroxylation is 1. The van der Waals surface area contributed by atoms with Crippen LogP contribution in [-0.2, 0) is 13.1 Å². The highest BCUT2D eigenvalue weighted by molar-refractivity contribution is 7.14. The highest BCUT2D eigenvalue weighted by Gasteiger charge is 2.27. The van der Waals surface area contributed by atoms with E-state index >= 15 is 0 Å². The minimum absolute atomic E-state index is 0.445. The maximum Gasteiger partial charge on any atom is 0.203 e. The average Bonchev–Trinajstić information content (AvgIpc) is 3.61. The molecular formula is C41H47N3O6S. The first kappa shape index (κ1) is 35.9. The standard InChI is InChI=1S/C41H47N3O6S/c1-27-15-19-51-41(27)44(26-28-8-10-30(11-9-28)31-21-35(45-2)39(49-6)36(22-31)46-3)33-13-17-43(18-14-33)25-29-12-16-42-34(20-29)32-23-37(47-4)40(50-7)38(24-32)48-5/h8-12,15-16,19-24,33H,13-14,17-18,25-26H2,1-7H3. The van der Waals surface area contributed by atoms with Gasteiger partial charge in [-0.05, 0) is 95.4 Å². The van der Waals surface area contributed by atoms with Crippen molar-refractivity contribution in [3.63, 3.8) is 0 Å². The Balaban J connectivity index is 1.15. The minimum atomic E-state index is 0.445. The molecule has 1 saturated heterocycles. The van der Waals surface area contributed by atoms with Gasteiger partial charge >= 0.3 is 0 Å². The van der Waals surface area contributed by atoms with Crippen LogP contribution < -0.4 is 33.3 Å². The smallest absolute Gasteiger partial charge is 0.203 e. The average molecular weight is 710 g/mol. The summed E-state index contributed by atoms with van der Waals surface area (Å²) in [5.41, 5.74) is 7.73. The fourth-order valence-corrected chi connectivity index (χ4v) is 7.88. The second-order valence-electron chi connectivity index (χ2n) is 12.6. The Hall–Kier alpha value is -4.93. The van der Waals surface area contributed by atoms with E-state index in [9.17, 15) is 0 Å². The van der Waals surface area contributed by atoms with Gasteiger partial charge in [0, 0.05) is 44.0 Å². The normalized spacial score (nSPS) is 13.5. The molecule has 1 aliphatic rings. The van der Waals surface area contributed by atoms with Crippen LogP contribution in [0.3, 0.4) is 0 Å². The van der Waals surface area contributed by atoms with Gasteiger partial charge in [0.1, 0.15) is 0 Å². The predicted octanol–water partition coefficient (Wildman–Crippen LogP) is 8.51. The summed E-state index contributed by atoms with van der Waals surface area (Å²) in [4.78, 5) is 9.85. The molecule has 9 nitrogen and oxygen atoms in total. The zero-order valence-electron chi connectivity index (χ0n) is 30.5. The number of thiophene rings is 1. The molecule has 10 heteroatoms. The lowest BCUT2D eigenvalue weighted by atomic mass is 10.00. The van der Waals surface area contributed by atoms with Crippen LogP contribution in [0.4, 0.5) is 5.00 Å². The molecule has 268 valence electrons. The Bertz CT molecular complexity index is 1870. The van der Waals surface area contributed by atoms with E-state index in [2.05, 4.69) is 69.6 Å². The molecule has 51 heavy (non-hydrogen) atoms. The maximum atomic E-state index is 5.59. The molecule has 0 N–H and O–H groups in total. The lowest BCUT2D eigenvalue weighted by molar-refractivity contribution is 0.201. The first-order valence-electron chi connectivity index (χ1n) is 17.1. The van der Waals surface area contributed by atoms with Gasteiger partial charge in [-0.25, -0.2) is 0 Å². The summed E-state index contributed by atoms with van der Waals surface area (Å²) in [6.07, 6.45) is 4.06. The number of hydrogen-bond donors (Lipinski definition) is 0. The summed E-state index contributed by atoms with van der Waals surface area (Å²) >= 11 is 1.83. The van der Waals surface area contributed by atoms with E-state index in [0.29, 0.717) is 40.5 Å². The molecular weight excluding hydrogens is 663 g/mol. The van der Waals surface area contributed by atoms with Gasteiger partial charge in [-0.3, -0.25) is 9.88 Å². The van der Waals surface area contributed by atoms with Crippen LogP contribution in [0.5, 0.6) is 34.5 Å². The van der Waals surface area contributed by atoms with Crippen molar-refractivity contribution >= 4 is 16.3 Å². The van der Waals surface area contributed by atoms with Crippen molar-refractivity contribution in [3.05, 3.63) is 95.0 Å². The van der Waals surface area contributed by atoms with Crippen molar-refractivity contribution in [2.75, 3.05) is 60.6 Å². The van der Waals surface area contributed by atoms with Crippen LogP contribution in [0.1, 0.15) is 29.5 Å². The molecule has 3 aromatic carbocycles. The quantitative estimate of drug-likeness (QED) is 0.113. The highest BCUT2D eigenvalue weighted by atomic mass is 32.1. The van der Waals surface area contributed by atoms with Gasteiger partial charge in [0.25, 0.3) is 0 Å². The molecule has 6 rings (SSSR count). The molecule has 5 aromatic rings. The number of hydrogen-bond acceptors (Lipinski definition) is 10. The molecule has 0 amide bonds. The van der Waals surface area contributed by atoms with E-state index in [4.69, 9.17) is 28.4 Å². The van der Waals surface area contributed by atoms with Crippen LogP contribution in [0, 0.1) is 6.92 Å². The van der Waals surface area contributed by atoms with Gasteiger partial charge in [0.05, 0.1) is 53.4 Å². The maximum absolute atomic E-state index is 5.59. The largest absolute Gasteiger partial charge is 0.493 e. The van der Waals surface area contributed by atoms with E-state index in [0.717, 1.165) is 61.4 Å². The molecule has 1 fully saturated rings. The lowest BCUT2D eigenvalue weighted by Crippen LogP contribution is -2.44. The summed E-state index contributed by atoms with van der Waals surface area (Å²) in [6.45, 7) is 5.98. The van der Waals surface area contributed by atoms with Crippen molar-refractivity contribution in [1.82, 2.24) is 9.88 Å². The Morgan fingerprint density at radius 3 is 1.75 bits per heavy atom. The van der Waals surface area contributed by atoms with Crippen LogP contribution in [0.25, 0.3) is 22.4 Å². The third-order valence-electron chi connectivity index (χ3n) is 9.59. The number of rotatable bonds is 14. The topological polar surface area (TPSA) is 74.8 Å². The van der Waals surface area contributed by atoms with E-state index in [1.165, 1.54) is 21.7 Å². The number of piperidine rings is 1. The van der Waals surface area contributed by atoms with E-state index in [1.54, 1.807) is 42.7 Å². The molecule has 0 bridgehead atoms. The third kappa shape index (κ3) is 7.87. The summed E-state index contributed by atoms with van der Waals surface area (Å²) in [5, 5.41) is 3.56. The van der Waals surface area contributed by atoms with Gasteiger partial charge in [-0.15, -0.1) is 11.3 Å². The van der Waals surface area contributed by atoms with Gasteiger partial charge in [-0.2, -0.15) is 0 Å². The molecule has 0 atom stereocenters. The summed E-state index contributed by atoms with van der Waals surface area (Å²) in [6, 6.07) is 23.6. The molecule has 0 spiro atoms. The molecule has 0 saturated carbocycles. The third-order valence-corrected chi connectivity index (χ3v) is 10.6. The van der Waals surface area contributed by atoms with Crippen molar-refractivity contribution in [2.45, 2.75) is 38.9 Å². The van der Waals surface area contributed by atoms with E-state index in [-0.39, 0.29) is 0 Å². The second kappa shape index (κ2) is 16.4. The number of aromatic nitrogens is 1. The summed E-state index contributed by atoms with van der Waals surface area (Å²) < 4.78 is 33.4. The van der Waals surface area contributed by atoms with E-state index in [1.807, 2.05) is 41.8 Å². The minimum Gasteiger partial charge on any atom is -0.493 e. The number of methoxy groups -OCH3 is 6. The Labute approximate surface area is 305 Å². The Kier molecular flexibility index (Phi) is 11.5. The van der Waals surface area contributed by atoms with Crippen molar-refractivity contribution in [3.8, 4) is 56.9 Å². The van der Waals surface area contributed by atoms with Gasteiger partial charge in [-0.1, -0.05) is 24.3 Å². The van der Waals surface area contributed by atoms with Crippen molar-refractivity contribution in [2.24, 2.45) is 0 Å². The van der Waals surface area contributed by atoms with Crippen molar-refractivity contribution in [1.29, 1.82) is 0 Å².